The lowest BCUT2D eigenvalue weighted by atomic mass is 10.2. The number of anilines is 1. The first-order valence-electron chi connectivity index (χ1n) is 7.52. The number of ether oxygens (including phenoxy) is 1. The minimum Gasteiger partial charge on any atom is -0.379 e. The predicted octanol–water partition coefficient (Wildman–Crippen LogP) is 2.53. The molecule has 3 rings (SSSR count). The van der Waals surface area contributed by atoms with Gasteiger partial charge >= 0.3 is 6.18 Å². The van der Waals surface area contributed by atoms with Crippen LogP contribution in [0.1, 0.15) is 5.82 Å². The first-order valence-corrected chi connectivity index (χ1v) is 7.52. The Kier molecular flexibility index (Phi) is 4.81. The van der Waals surface area contributed by atoms with E-state index in [0.717, 1.165) is 25.2 Å². The van der Waals surface area contributed by atoms with Crippen molar-refractivity contribution in [2.45, 2.75) is 6.18 Å². The third-order valence-corrected chi connectivity index (χ3v) is 3.74. The van der Waals surface area contributed by atoms with Crippen LogP contribution < -0.4 is 5.32 Å². The molecule has 0 saturated carbocycles. The number of nitrogens with zero attached hydrogens (tertiary/aromatic N) is 3. The van der Waals surface area contributed by atoms with Gasteiger partial charge in [-0.15, -0.1) is 0 Å². The molecule has 130 valence electrons. The first-order chi connectivity index (χ1) is 11.4. The van der Waals surface area contributed by atoms with Gasteiger partial charge in [0.2, 0.25) is 5.82 Å². The molecule has 2 heterocycles. The van der Waals surface area contributed by atoms with Gasteiger partial charge in [-0.1, -0.05) is 0 Å². The lowest BCUT2D eigenvalue weighted by Gasteiger charge is -2.26. The fourth-order valence-corrected chi connectivity index (χ4v) is 2.52. The number of halogens is 4. The summed E-state index contributed by atoms with van der Waals surface area (Å²) in [6.45, 7) is 3.84. The quantitative estimate of drug-likeness (QED) is 0.864. The van der Waals surface area contributed by atoms with Gasteiger partial charge in [0, 0.05) is 31.6 Å². The minimum atomic E-state index is -4.66. The van der Waals surface area contributed by atoms with Crippen LogP contribution in [0.5, 0.6) is 0 Å². The van der Waals surface area contributed by atoms with Crippen LogP contribution in [0.2, 0.25) is 0 Å². The van der Waals surface area contributed by atoms with Crippen LogP contribution in [0.3, 0.4) is 0 Å². The summed E-state index contributed by atoms with van der Waals surface area (Å²) in [6.07, 6.45) is -4.66. The summed E-state index contributed by atoms with van der Waals surface area (Å²) in [7, 11) is 0. The van der Waals surface area contributed by atoms with Crippen molar-refractivity contribution < 1.29 is 22.3 Å². The number of rotatable bonds is 4. The molecule has 0 spiro atoms. The van der Waals surface area contributed by atoms with Crippen molar-refractivity contribution in [1.82, 2.24) is 14.9 Å². The Morgan fingerprint density at radius 2 is 1.92 bits per heavy atom. The molecule has 1 aromatic carbocycles. The van der Waals surface area contributed by atoms with Crippen molar-refractivity contribution in [1.29, 1.82) is 0 Å². The Labute approximate surface area is 135 Å². The number of benzene rings is 1. The highest BCUT2D eigenvalue weighted by molar-refractivity contribution is 5.89. The molecule has 1 aliphatic heterocycles. The van der Waals surface area contributed by atoms with Crippen LogP contribution >= 0.6 is 0 Å². The summed E-state index contributed by atoms with van der Waals surface area (Å²) in [5.41, 5.74) is 0.0487. The highest BCUT2D eigenvalue weighted by atomic mass is 19.4. The number of nitrogens with one attached hydrogen (secondary N) is 1. The van der Waals surface area contributed by atoms with E-state index in [1.807, 2.05) is 0 Å². The third kappa shape index (κ3) is 3.90. The van der Waals surface area contributed by atoms with Crippen molar-refractivity contribution >= 4 is 16.7 Å². The molecule has 0 bridgehead atoms. The van der Waals surface area contributed by atoms with Crippen LogP contribution in [0.15, 0.2) is 18.2 Å². The van der Waals surface area contributed by atoms with E-state index in [9.17, 15) is 17.6 Å². The Bertz CT molecular complexity index is 716. The van der Waals surface area contributed by atoms with Gasteiger partial charge in [0.05, 0.1) is 18.7 Å². The summed E-state index contributed by atoms with van der Waals surface area (Å²) in [5.74, 6) is -1.81. The summed E-state index contributed by atoms with van der Waals surface area (Å²) in [5, 5.41) is 3.10. The molecular formula is C15H16F4N4O. The molecule has 0 radical (unpaired) electrons. The number of hydrogen-bond donors (Lipinski definition) is 1. The molecule has 1 fully saturated rings. The van der Waals surface area contributed by atoms with Crippen LogP contribution in [0.25, 0.3) is 10.9 Å². The zero-order valence-corrected chi connectivity index (χ0v) is 12.7. The van der Waals surface area contributed by atoms with Gasteiger partial charge in [0.15, 0.2) is 0 Å². The largest absolute Gasteiger partial charge is 0.451 e. The highest BCUT2D eigenvalue weighted by Gasteiger charge is 2.35. The molecule has 1 saturated heterocycles. The van der Waals surface area contributed by atoms with Crippen LogP contribution in [0, 0.1) is 5.82 Å². The smallest absolute Gasteiger partial charge is 0.379 e. The van der Waals surface area contributed by atoms with E-state index in [1.54, 1.807) is 0 Å². The Morgan fingerprint density at radius 3 is 2.62 bits per heavy atom. The summed E-state index contributed by atoms with van der Waals surface area (Å²) >= 11 is 0. The second-order valence-electron chi connectivity index (χ2n) is 5.44. The lowest BCUT2D eigenvalue weighted by molar-refractivity contribution is -0.144. The summed E-state index contributed by atoms with van der Waals surface area (Å²) in [6, 6.07) is 3.42. The topological polar surface area (TPSA) is 50.3 Å². The van der Waals surface area contributed by atoms with Crippen LogP contribution in [0.4, 0.5) is 23.4 Å². The number of morpholine rings is 1. The second kappa shape index (κ2) is 6.86. The van der Waals surface area contributed by atoms with E-state index in [-0.39, 0.29) is 16.7 Å². The first kappa shape index (κ1) is 16.8. The maximum atomic E-state index is 13.4. The molecule has 0 unspecified atom stereocenters. The number of fused-ring (bicyclic) bond motifs is 1. The molecule has 1 N–H and O–H groups in total. The Balaban J connectivity index is 1.82. The van der Waals surface area contributed by atoms with Gasteiger partial charge in [0.25, 0.3) is 0 Å². The molecule has 0 atom stereocenters. The fraction of sp³-hybridized carbons (Fsp3) is 0.467. The average Bonchev–Trinajstić information content (AvgIpc) is 2.55. The number of hydrogen-bond acceptors (Lipinski definition) is 5. The molecule has 9 heteroatoms. The zero-order chi connectivity index (χ0) is 17.2. The van der Waals surface area contributed by atoms with Gasteiger partial charge in [-0.25, -0.2) is 14.4 Å². The zero-order valence-electron chi connectivity index (χ0n) is 12.7. The Hall–Kier alpha value is -2.00. The fourth-order valence-electron chi connectivity index (χ4n) is 2.52. The predicted molar refractivity (Wildman–Crippen MR) is 80.2 cm³/mol. The average molecular weight is 344 g/mol. The van der Waals surface area contributed by atoms with Crippen molar-refractivity contribution in [2.75, 3.05) is 44.7 Å². The van der Waals surface area contributed by atoms with E-state index < -0.39 is 17.8 Å². The molecule has 1 aromatic heterocycles. The molecule has 1 aliphatic rings. The van der Waals surface area contributed by atoms with Crippen molar-refractivity contribution in [3.63, 3.8) is 0 Å². The van der Waals surface area contributed by atoms with Gasteiger partial charge in [-0.2, -0.15) is 13.2 Å². The highest BCUT2D eigenvalue weighted by Crippen LogP contribution is 2.30. The van der Waals surface area contributed by atoms with E-state index in [4.69, 9.17) is 4.74 Å². The third-order valence-electron chi connectivity index (χ3n) is 3.74. The molecule has 0 amide bonds. The van der Waals surface area contributed by atoms with Crippen molar-refractivity contribution in [3.05, 3.63) is 29.8 Å². The molecule has 0 aliphatic carbocycles. The number of aromatic nitrogens is 2. The molecular weight excluding hydrogens is 328 g/mol. The summed E-state index contributed by atoms with van der Waals surface area (Å²) < 4.78 is 57.5. The lowest BCUT2D eigenvalue weighted by Crippen LogP contribution is -2.39. The van der Waals surface area contributed by atoms with E-state index in [1.165, 1.54) is 6.07 Å². The van der Waals surface area contributed by atoms with E-state index >= 15 is 0 Å². The van der Waals surface area contributed by atoms with Crippen LogP contribution in [-0.4, -0.2) is 54.3 Å². The minimum absolute atomic E-state index is 0.0138. The van der Waals surface area contributed by atoms with Gasteiger partial charge < -0.3 is 10.1 Å². The Morgan fingerprint density at radius 1 is 1.17 bits per heavy atom. The molecule has 2 aromatic rings. The monoisotopic (exact) mass is 344 g/mol. The normalized spacial score (nSPS) is 16.5. The van der Waals surface area contributed by atoms with Crippen molar-refractivity contribution in [3.8, 4) is 0 Å². The molecule has 24 heavy (non-hydrogen) atoms. The SMILES string of the molecule is Fc1ccc2nc(C(F)(F)F)nc(NCCN3CCOCC3)c2c1. The van der Waals surface area contributed by atoms with Crippen molar-refractivity contribution in [2.24, 2.45) is 0 Å². The second-order valence-corrected chi connectivity index (χ2v) is 5.44. The molecule has 5 nitrogen and oxygen atoms in total. The van der Waals surface area contributed by atoms with Gasteiger partial charge in [0.1, 0.15) is 11.6 Å². The number of alkyl halides is 3. The van der Waals surface area contributed by atoms with Crippen LogP contribution in [-0.2, 0) is 10.9 Å². The van der Waals surface area contributed by atoms with E-state index in [0.29, 0.717) is 26.3 Å². The maximum Gasteiger partial charge on any atom is 0.451 e. The van der Waals surface area contributed by atoms with Gasteiger partial charge in [-0.3, -0.25) is 4.90 Å². The summed E-state index contributed by atoms with van der Waals surface area (Å²) in [4.78, 5) is 9.15. The van der Waals surface area contributed by atoms with Gasteiger partial charge in [-0.05, 0) is 18.2 Å². The maximum absolute atomic E-state index is 13.4. The van der Waals surface area contributed by atoms with E-state index in [2.05, 4.69) is 20.2 Å². The standard InChI is InChI=1S/C15H16F4N4O/c16-10-1-2-12-11(9-10)13(22-14(21-12)15(17,18)19)20-3-4-23-5-7-24-8-6-23/h1-2,9H,3-8H2,(H,20,21,22).